The molecular weight excluding hydrogens is 358 g/mol. The maximum atomic E-state index is 12.1. The lowest BCUT2D eigenvalue weighted by Gasteiger charge is -2.07. The van der Waals surface area contributed by atoms with Gasteiger partial charge in [0.05, 0.1) is 12.3 Å². The van der Waals surface area contributed by atoms with Crippen molar-refractivity contribution in [3.8, 4) is 0 Å². The summed E-state index contributed by atoms with van der Waals surface area (Å²) < 4.78 is 5.88. The fourth-order valence-corrected chi connectivity index (χ4v) is 2.10. The minimum absolute atomic E-state index is 0.0121. The van der Waals surface area contributed by atoms with E-state index in [9.17, 15) is 9.90 Å². The van der Waals surface area contributed by atoms with Crippen LogP contribution in [0.1, 0.15) is 12.5 Å². The lowest BCUT2D eigenvalue weighted by molar-refractivity contribution is -0.137. The Labute approximate surface area is 143 Å². The molecule has 1 N–H and O–H groups in total. The Morgan fingerprint density at radius 1 is 1.17 bits per heavy atom. The number of halogens is 1. The number of aliphatic hydroxyl groups is 1. The summed E-state index contributed by atoms with van der Waals surface area (Å²) in [5, 5.41) is 10.4. The summed E-state index contributed by atoms with van der Waals surface area (Å²) in [5.41, 5.74) is 1.20. The first-order chi connectivity index (χ1) is 11.1. The van der Waals surface area contributed by atoms with E-state index >= 15 is 0 Å². The first-order valence-electron chi connectivity index (χ1n) is 7.07. The van der Waals surface area contributed by atoms with Crippen LogP contribution in [0.5, 0.6) is 0 Å². The van der Waals surface area contributed by atoms with Crippen LogP contribution in [0.3, 0.4) is 0 Å². The number of hydrogen-bond acceptors (Lipinski definition) is 4. The zero-order chi connectivity index (χ0) is 16.7. The van der Waals surface area contributed by atoms with Crippen LogP contribution in [0, 0.1) is 0 Å². The van der Waals surface area contributed by atoms with Crippen LogP contribution in [-0.2, 0) is 9.53 Å². The van der Waals surface area contributed by atoms with Gasteiger partial charge < -0.3 is 9.84 Å². The van der Waals surface area contributed by atoms with Crippen molar-refractivity contribution in [1.82, 2.24) is 0 Å². The maximum Gasteiger partial charge on any atom is 0.343 e. The highest BCUT2D eigenvalue weighted by Gasteiger charge is 2.16. The smallest absolute Gasteiger partial charge is 0.343 e. The van der Waals surface area contributed by atoms with Gasteiger partial charge in [0.15, 0.2) is 0 Å². The number of ether oxygens (including phenoxy) is 1. The summed E-state index contributed by atoms with van der Waals surface area (Å²) >= 11 is 3.33. The molecule has 118 valence electrons. The summed E-state index contributed by atoms with van der Waals surface area (Å²) in [6.07, 6.45) is 1.32. The van der Waals surface area contributed by atoms with E-state index in [2.05, 4.69) is 20.9 Å². The molecule has 2 rings (SSSR count). The first kappa shape index (κ1) is 17.0. The molecule has 0 saturated heterocycles. The minimum atomic E-state index is -0.618. The molecule has 0 spiro atoms. The lowest BCUT2D eigenvalue weighted by atomic mass is 10.1. The van der Waals surface area contributed by atoms with Gasteiger partial charge >= 0.3 is 5.97 Å². The average molecular weight is 374 g/mol. The second-order valence-electron chi connectivity index (χ2n) is 4.58. The number of rotatable bonds is 5. The van der Waals surface area contributed by atoms with Crippen LogP contribution in [0.2, 0.25) is 0 Å². The van der Waals surface area contributed by atoms with E-state index in [1.54, 1.807) is 43.3 Å². The fraction of sp³-hybridized carbons (Fsp3) is 0.111. The first-order valence-corrected chi connectivity index (χ1v) is 7.86. The van der Waals surface area contributed by atoms with Crippen LogP contribution >= 0.6 is 15.9 Å². The molecule has 0 aromatic heterocycles. The van der Waals surface area contributed by atoms with E-state index in [0.29, 0.717) is 11.3 Å². The third-order valence-electron chi connectivity index (χ3n) is 2.97. The number of para-hydroxylation sites is 1. The SMILES string of the molecule is CCOC(=O)/C(C=Nc1ccccc1)=C(/O)c1ccc(Br)cc1. The zero-order valence-corrected chi connectivity index (χ0v) is 14.2. The molecule has 0 bridgehead atoms. The molecule has 0 heterocycles. The van der Waals surface area contributed by atoms with E-state index in [0.717, 1.165) is 4.47 Å². The number of carbonyl (C=O) groups excluding carboxylic acids is 1. The van der Waals surface area contributed by atoms with Crippen LogP contribution < -0.4 is 0 Å². The van der Waals surface area contributed by atoms with Crippen molar-refractivity contribution in [2.45, 2.75) is 6.92 Å². The van der Waals surface area contributed by atoms with Crippen LogP contribution in [-0.4, -0.2) is 23.9 Å². The Balaban J connectivity index is 2.40. The van der Waals surface area contributed by atoms with Crippen LogP contribution in [0.4, 0.5) is 5.69 Å². The van der Waals surface area contributed by atoms with E-state index in [1.807, 2.05) is 18.2 Å². The summed E-state index contributed by atoms with van der Waals surface area (Å²) in [6.45, 7) is 1.93. The third kappa shape index (κ3) is 4.79. The number of hydrogen-bond donors (Lipinski definition) is 1. The fourth-order valence-electron chi connectivity index (χ4n) is 1.84. The molecule has 0 saturated carbocycles. The predicted molar refractivity (Wildman–Crippen MR) is 94.9 cm³/mol. The summed E-state index contributed by atoms with van der Waals surface area (Å²) in [4.78, 5) is 16.3. The van der Waals surface area contributed by atoms with Gasteiger partial charge in [-0.1, -0.05) is 46.3 Å². The van der Waals surface area contributed by atoms with Crippen molar-refractivity contribution in [1.29, 1.82) is 0 Å². The summed E-state index contributed by atoms with van der Waals surface area (Å²) in [5.74, 6) is -0.789. The number of aliphatic imine (C=N–C) groups is 1. The molecule has 0 radical (unpaired) electrons. The topological polar surface area (TPSA) is 58.9 Å². The molecule has 0 aliphatic carbocycles. The number of nitrogens with zero attached hydrogens (tertiary/aromatic N) is 1. The van der Waals surface area contributed by atoms with Gasteiger partial charge in [-0.2, -0.15) is 0 Å². The van der Waals surface area contributed by atoms with Gasteiger partial charge in [-0.3, -0.25) is 4.99 Å². The number of carbonyl (C=O) groups is 1. The molecule has 2 aromatic rings. The quantitative estimate of drug-likeness (QED) is 0.358. The van der Waals surface area contributed by atoms with Crippen LogP contribution in [0.15, 0.2) is 69.6 Å². The summed E-state index contributed by atoms with van der Waals surface area (Å²) in [7, 11) is 0. The van der Waals surface area contributed by atoms with Gasteiger partial charge in [-0.25, -0.2) is 4.79 Å². The number of aliphatic hydroxyl groups excluding tert-OH is 1. The highest BCUT2D eigenvalue weighted by molar-refractivity contribution is 9.10. The van der Waals surface area contributed by atoms with Crippen LogP contribution in [0.25, 0.3) is 5.76 Å². The largest absolute Gasteiger partial charge is 0.506 e. The minimum Gasteiger partial charge on any atom is -0.506 e. The van der Waals surface area contributed by atoms with Gasteiger partial charge in [0.2, 0.25) is 0 Å². The van der Waals surface area contributed by atoms with Crippen molar-refractivity contribution in [3.63, 3.8) is 0 Å². The Bertz CT molecular complexity index is 722. The molecule has 0 aliphatic heterocycles. The van der Waals surface area contributed by atoms with Crippen molar-refractivity contribution < 1.29 is 14.6 Å². The maximum absolute atomic E-state index is 12.1. The van der Waals surface area contributed by atoms with Crippen molar-refractivity contribution in [3.05, 3.63) is 70.2 Å². The molecule has 23 heavy (non-hydrogen) atoms. The van der Waals surface area contributed by atoms with Crippen molar-refractivity contribution in [2.24, 2.45) is 4.99 Å². The number of benzene rings is 2. The van der Waals surface area contributed by atoms with E-state index in [1.165, 1.54) is 6.21 Å². The Kier molecular flexibility index (Phi) is 6.11. The van der Waals surface area contributed by atoms with E-state index < -0.39 is 5.97 Å². The van der Waals surface area contributed by atoms with E-state index in [-0.39, 0.29) is 17.9 Å². The van der Waals surface area contributed by atoms with Gasteiger partial charge in [-0.05, 0) is 31.2 Å². The molecule has 0 amide bonds. The zero-order valence-electron chi connectivity index (χ0n) is 12.6. The molecule has 0 fully saturated rings. The highest BCUT2D eigenvalue weighted by Crippen LogP contribution is 2.20. The molecule has 0 unspecified atom stereocenters. The molecule has 0 aliphatic rings. The van der Waals surface area contributed by atoms with E-state index in [4.69, 9.17) is 4.74 Å². The normalized spacial score (nSPS) is 12.1. The molecule has 0 atom stereocenters. The average Bonchev–Trinajstić information content (AvgIpc) is 2.56. The lowest BCUT2D eigenvalue weighted by Crippen LogP contribution is -2.11. The Hall–Kier alpha value is -2.40. The summed E-state index contributed by atoms with van der Waals surface area (Å²) in [6, 6.07) is 16.1. The Morgan fingerprint density at radius 3 is 2.43 bits per heavy atom. The molecule has 5 heteroatoms. The molecular formula is C18H16BrNO3. The van der Waals surface area contributed by atoms with Gasteiger partial charge in [0, 0.05) is 16.3 Å². The monoisotopic (exact) mass is 373 g/mol. The van der Waals surface area contributed by atoms with Gasteiger partial charge in [0.25, 0.3) is 0 Å². The predicted octanol–water partition coefficient (Wildman–Crippen LogP) is 4.68. The Morgan fingerprint density at radius 2 is 1.83 bits per heavy atom. The van der Waals surface area contributed by atoms with Crippen molar-refractivity contribution in [2.75, 3.05) is 6.61 Å². The number of esters is 1. The molecule has 2 aromatic carbocycles. The van der Waals surface area contributed by atoms with Crippen molar-refractivity contribution >= 4 is 39.6 Å². The highest BCUT2D eigenvalue weighted by atomic mass is 79.9. The van der Waals surface area contributed by atoms with Gasteiger partial charge in [0.1, 0.15) is 11.3 Å². The standard InChI is InChI=1S/C18H16BrNO3/c1-2-23-18(22)16(12-20-15-6-4-3-5-7-15)17(21)13-8-10-14(19)11-9-13/h3-12,21H,2H2,1H3/b17-16+,20-12?. The second kappa shape index (κ2) is 8.29. The van der Waals surface area contributed by atoms with Gasteiger partial charge in [-0.15, -0.1) is 0 Å². The molecule has 4 nitrogen and oxygen atoms in total. The second-order valence-corrected chi connectivity index (χ2v) is 5.50. The third-order valence-corrected chi connectivity index (χ3v) is 3.50.